The van der Waals surface area contributed by atoms with Crippen molar-refractivity contribution in [1.82, 2.24) is 9.97 Å². The van der Waals surface area contributed by atoms with E-state index in [0.29, 0.717) is 62.0 Å². The number of pyridine rings is 2. The van der Waals surface area contributed by atoms with Crippen molar-refractivity contribution in [2.75, 3.05) is 41.9 Å². The summed E-state index contributed by atoms with van der Waals surface area (Å²) in [6.45, 7) is 1.60. The summed E-state index contributed by atoms with van der Waals surface area (Å²) in [4.78, 5) is 38.3. The first-order chi connectivity index (χ1) is 17.5. The molecule has 3 aromatic rings. The summed E-state index contributed by atoms with van der Waals surface area (Å²) in [5.41, 5.74) is 2.09. The molecular formula is C26H24FN5O4. The summed E-state index contributed by atoms with van der Waals surface area (Å²) in [5.74, 6) is 0.968. The van der Waals surface area contributed by atoms with E-state index in [1.54, 1.807) is 29.3 Å². The molecule has 5 heterocycles. The lowest BCUT2D eigenvalue weighted by atomic mass is 9.83. The third-order valence-electron chi connectivity index (χ3n) is 7.13. The average molecular weight is 490 g/mol. The highest BCUT2D eigenvalue weighted by Crippen LogP contribution is 2.43. The number of nitrogens with zero attached hydrogens (tertiary/aromatic N) is 4. The highest BCUT2D eigenvalue weighted by Gasteiger charge is 2.45. The molecule has 10 heteroatoms. The van der Waals surface area contributed by atoms with E-state index in [1.807, 2.05) is 12.1 Å². The standard InChI is InChI=1S/C26H24FN5O4/c1-35-22-15-17(24(33)32-10-6-16-13-18(27)4-5-20(16)32)14-21(29-22)31-11-7-26(8-12-31)19-3-2-9-28-23(19)30-25(34)36-26/h2-5,9,13-15H,6-8,10-12H2,1H3,(H,28,30,34). The first kappa shape index (κ1) is 22.3. The van der Waals surface area contributed by atoms with E-state index < -0.39 is 11.7 Å². The van der Waals surface area contributed by atoms with Crippen molar-refractivity contribution < 1.29 is 23.5 Å². The van der Waals surface area contributed by atoms with E-state index in [2.05, 4.69) is 20.2 Å². The van der Waals surface area contributed by atoms with Gasteiger partial charge in [-0.2, -0.15) is 4.98 Å². The molecule has 184 valence electrons. The van der Waals surface area contributed by atoms with E-state index in [9.17, 15) is 14.0 Å². The van der Waals surface area contributed by atoms with Crippen LogP contribution in [-0.2, 0) is 16.8 Å². The lowest BCUT2D eigenvalue weighted by molar-refractivity contribution is -0.00854. The second kappa shape index (κ2) is 8.47. The molecule has 1 spiro atoms. The minimum absolute atomic E-state index is 0.192. The number of fused-ring (bicyclic) bond motifs is 3. The first-order valence-electron chi connectivity index (χ1n) is 11.8. The number of methoxy groups -OCH3 is 1. The lowest BCUT2D eigenvalue weighted by Gasteiger charge is -2.44. The van der Waals surface area contributed by atoms with Gasteiger partial charge in [0.1, 0.15) is 23.1 Å². The quantitative estimate of drug-likeness (QED) is 0.596. The van der Waals surface area contributed by atoms with E-state index in [1.165, 1.54) is 19.2 Å². The number of carbonyl (C=O) groups is 2. The van der Waals surface area contributed by atoms with Gasteiger partial charge in [0.15, 0.2) is 0 Å². The van der Waals surface area contributed by atoms with E-state index in [-0.39, 0.29) is 11.7 Å². The molecule has 3 aliphatic heterocycles. The van der Waals surface area contributed by atoms with Crippen LogP contribution in [0.1, 0.15) is 34.3 Å². The molecule has 1 saturated heterocycles. The molecule has 2 aromatic heterocycles. The Hall–Kier alpha value is -4.21. The topological polar surface area (TPSA) is 96.9 Å². The van der Waals surface area contributed by atoms with Crippen molar-refractivity contribution in [2.24, 2.45) is 0 Å². The van der Waals surface area contributed by atoms with Crippen LogP contribution in [0.3, 0.4) is 0 Å². The smallest absolute Gasteiger partial charge is 0.413 e. The van der Waals surface area contributed by atoms with E-state index >= 15 is 0 Å². The largest absolute Gasteiger partial charge is 0.481 e. The van der Waals surface area contributed by atoms with Gasteiger partial charge in [-0.1, -0.05) is 0 Å². The monoisotopic (exact) mass is 489 g/mol. The van der Waals surface area contributed by atoms with Crippen LogP contribution in [0.5, 0.6) is 5.88 Å². The summed E-state index contributed by atoms with van der Waals surface area (Å²) in [5, 5.41) is 2.67. The molecule has 0 radical (unpaired) electrons. The van der Waals surface area contributed by atoms with Crippen molar-refractivity contribution in [2.45, 2.75) is 24.9 Å². The van der Waals surface area contributed by atoms with Crippen molar-refractivity contribution >= 4 is 29.3 Å². The van der Waals surface area contributed by atoms with Gasteiger partial charge in [-0.25, -0.2) is 14.2 Å². The normalized spacial score (nSPS) is 17.8. The van der Waals surface area contributed by atoms with E-state index in [4.69, 9.17) is 9.47 Å². The summed E-state index contributed by atoms with van der Waals surface area (Å²) in [6, 6.07) is 11.6. The molecule has 6 rings (SSSR count). The Balaban J connectivity index is 1.26. The minimum atomic E-state index is -0.755. The highest BCUT2D eigenvalue weighted by atomic mass is 19.1. The predicted octanol–water partition coefficient (Wildman–Crippen LogP) is 3.89. The van der Waals surface area contributed by atoms with E-state index in [0.717, 1.165) is 16.8 Å². The van der Waals surface area contributed by atoms with Gasteiger partial charge in [0.2, 0.25) is 5.88 Å². The number of nitrogens with one attached hydrogen (secondary N) is 1. The SMILES string of the molecule is COc1cc(C(=O)N2CCc3cc(F)ccc32)cc(N2CCC3(CC2)OC(=O)Nc2ncccc23)n1. The van der Waals surface area contributed by atoms with Crippen molar-refractivity contribution in [3.8, 4) is 5.88 Å². The molecule has 1 N–H and O–H groups in total. The molecule has 0 saturated carbocycles. The maximum Gasteiger partial charge on any atom is 0.413 e. The zero-order valence-electron chi connectivity index (χ0n) is 19.7. The maximum absolute atomic E-state index is 13.6. The Morgan fingerprint density at radius 2 is 2.00 bits per heavy atom. The molecule has 1 aromatic carbocycles. The highest BCUT2D eigenvalue weighted by molar-refractivity contribution is 6.07. The molecule has 0 unspecified atom stereocenters. The number of ether oxygens (including phenoxy) is 2. The number of piperidine rings is 1. The van der Waals surface area contributed by atoms with Gasteiger partial charge in [-0.15, -0.1) is 0 Å². The number of anilines is 3. The summed E-state index contributed by atoms with van der Waals surface area (Å²) in [6.07, 6.45) is 2.83. The minimum Gasteiger partial charge on any atom is -0.481 e. The zero-order valence-corrected chi connectivity index (χ0v) is 19.7. The van der Waals surface area contributed by atoms with Crippen molar-refractivity contribution in [1.29, 1.82) is 0 Å². The predicted molar refractivity (Wildman–Crippen MR) is 130 cm³/mol. The maximum atomic E-state index is 13.6. The fourth-order valence-electron chi connectivity index (χ4n) is 5.31. The molecule has 1 fully saturated rings. The van der Waals surface area contributed by atoms with Crippen LogP contribution >= 0.6 is 0 Å². The number of rotatable bonds is 3. The molecule has 2 amide bonds. The zero-order chi connectivity index (χ0) is 24.9. The van der Waals surface area contributed by atoms with Crippen LogP contribution in [-0.4, -0.2) is 48.7 Å². The number of aromatic nitrogens is 2. The Kier molecular flexibility index (Phi) is 5.24. The molecule has 3 aliphatic rings. The molecule has 9 nitrogen and oxygen atoms in total. The number of amides is 2. The number of halogens is 1. The summed E-state index contributed by atoms with van der Waals surface area (Å²) < 4.78 is 24.8. The second-order valence-electron chi connectivity index (χ2n) is 9.13. The Labute approximate surface area is 206 Å². The van der Waals surface area contributed by atoms with Crippen molar-refractivity contribution in [3.63, 3.8) is 0 Å². The fraction of sp³-hybridized carbons (Fsp3) is 0.308. The van der Waals surface area contributed by atoms with Gasteiger partial charge in [0.25, 0.3) is 5.91 Å². The number of benzene rings is 1. The third-order valence-corrected chi connectivity index (χ3v) is 7.13. The Bertz CT molecular complexity index is 1370. The molecule has 0 aliphatic carbocycles. The van der Waals surface area contributed by atoms with Crippen molar-refractivity contribution in [3.05, 3.63) is 71.2 Å². The average Bonchev–Trinajstić information content (AvgIpc) is 3.31. The van der Waals surface area contributed by atoms with Gasteiger partial charge >= 0.3 is 6.09 Å². The summed E-state index contributed by atoms with van der Waals surface area (Å²) in [7, 11) is 1.51. The van der Waals surface area contributed by atoms with Crippen LogP contribution in [0, 0.1) is 5.82 Å². The molecule has 0 atom stereocenters. The number of hydrogen-bond donors (Lipinski definition) is 1. The van der Waals surface area contributed by atoms with Crippen LogP contribution in [0.25, 0.3) is 0 Å². The van der Waals surface area contributed by atoms with Gasteiger partial charge < -0.3 is 19.3 Å². The van der Waals surface area contributed by atoms with Gasteiger partial charge in [0.05, 0.1) is 7.11 Å². The Morgan fingerprint density at radius 3 is 2.81 bits per heavy atom. The summed E-state index contributed by atoms with van der Waals surface area (Å²) >= 11 is 0. The molecular weight excluding hydrogens is 465 g/mol. The van der Waals surface area contributed by atoms with Crippen LogP contribution < -0.4 is 19.9 Å². The first-order valence-corrected chi connectivity index (χ1v) is 11.8. The number of carbonyl (C=O) groups excluding carboxylic acids is 2. The number of hydrogen-bond acceptors (Lipinski definition) is 7. The Morgan fingerprint density at radius 1 is 1.17 bits per heavy atom. The van der Waals surface area contributed by atoms with Gasteiger partial charge in [0, 0.05) is 61.6 Å². The van der Waals surface area contributed by atoms with Crippen LogP contribution in [0.15, 0.2) is 48.7 Å². The fourth-order valence-corrected chi connectivity index (χ4v) is 5.31. The molecule has 36 heavy (non-hydrogen) atoms. The van der Waals surface area contributed by atoms with Gasteiger partial charge in [-0.05, 0) is 48.4 Å². The van der Waals surface area contributed by atoms with Crippen LogP contribution in [0.2, 0.25) is 0 Å². The second-order valence-corrected chi connectivity index (χ2v) is 9.13. The lowest BCUT2D eigenvalue weighted by Crippen LogP contribution is -2.48. The third kappa shape index (κ3) is 3.69. The van der Waals surface area contributed by atoms with Gasteiger partial charge in [-0.3, -0.25) is 10.1 Å². The molecule has 0 bridgehead atoms. The van der Waals surface area contributed by atoms with Crippen LogP contribution in [0.4, 0.5) is 26.5 Å².